The second-order valence-corrected chi connectivity index (χ2v) is 8.50. The van der Waals surface area contributed by atoms with E-state index in [9.17, 15) is 0 Å². The maximum atomic E-state index is 3.15. The van der Waals surface area contributed by atoms with E-state index in [0.717, 1.165) is 0 Å². The highest BCUT2D eigenvalue weighted by atomic mass is 31.0. The number of rotatable bonds is 5. The van der Waals surface area contributed by atoms with Gasteiger partial charge in [0.25, 0.3) is 0 Å². The van der Waals surface area contributed by atoms with Gasteiger partial charge in [0.1, 0.15) is 0 Å². The van der Waals surface area contributed by atoms with E-state index in [1.54, 1.807) is 0 Å². The summed E-state index contributed by atoms with van der Waals surface area (Å²) >= 11 is 0. The summed E-state index contributed by atoms with van der Waals surface area (Å²) in [5.41, 5.74) is 6.14. The molecule has 0 amide bonds. The SMILES string of the molecule is PC(=C(c1ccccc1)c1ccccc1)C(P)(c1ccccc1)c1ccccc1. The first-order valence-electron chi connectivity index (χ1n) is 9.72. The van der Waals surface area contributed by atoms with Gasteiger partial charge in [0.2, 0.25) is 0 Å². The van der Waals surface area contributed by atoms with Crippen LogP contribution in [-0.4, -0.2) is 0 Å². The van der Waals surface area contributed by atoms with Gasteiger partial charge in [0.15, 0.2) is 0 Å². The number of hydrogen-bond acceptors (Lipinski definition) is 0. The Hall–Kier alpha value is -2.52. The molecule has 29 heavy (non-hydrogen) atoms. The minimum atomic E-state index is -0.367. The fourth-order valence-electron chi connectivity index (χ4n) is 3.76. The standard InChI is InChI=1S/C27H24P2/c28-26(25(21-13-5-1-6-14-21)22-15-7-2-8-16-22)27(29,23-17-9-3-10-18-23)24-19-11-4-12-20-24/h1-20H,28-29H2. The van der Waals surface area contributed by atoms with Gasteiger partial charge >= 0.3 is 0 Å². The van der Waals surface area contributed by atoms with E-state index >= 15 is 0 Å². The molecule has 0 aromatic heterocycles. The summed E-state index contributed by atoms with van der Waals surface area (Å²) in [5.74, 6) is 0. The van der Waals surface area contributed by atoms with E-state index in [-0.39, 0.29) is 5.16 Å². The van der Waals surface area contributed by atoms with Crippen LogP contribution in [0.1, 0.15) is 22.3 Å². The molecule has 0 spiro atoms. The normalized spacial score (nSPS) is 11.1. The van der Waals surface area contributed by atoms with Crippen molar-refractivity contribution in [3.05, 3.63) is 149 Å². The summed E-state index contributed by atoms with van der Waals surface area (Å²) in [6.07, 6.45) is 0. The van der Waals surface area contributed by atoms with E-state index in [2.05, 4.69) is 140 Å². The first-order chi connectivity index (χ1) is 14.2. The third kappa shape index (κ3) is 3.97. The molecule has 0 nitrogen and oxygen atoms in total. The number of allylic oxidation sites excluding steroid dienone is 1. The molecule has 4 rings (SSSR count). The van der Waals surface area contributed by atoms with Crippen LogP contribution in [0.5, 0.6) is 0 Å². The molecule has 0 N–H and O–H groups in total. The fourth-order valence-corrected chi connectivity index (χ4v) is 4.96. The van der Waals surface area contributed by atoms with Gasteiger partial charge in [-0.3, -0.25) is 0 Å². The Bertz CT molecular complexity index is 1010. The molecular formula is C27H24P2. The molecule has 4 aromatic rings. The Morgan fingerprint density at radius 1 is 0.483 bits per heavy atom. The van der Waals surface area contributed by atoms with Crippen molar-refractivity contribution >= 4 is 24.1 Å². The Kier molecular flexibility index (Phi) is 6.05. The van der Waals surface area contributed by atoms with Gasteiger partial charge in [-0.05, 0) is 33.1 Å². The highest BCUT2D eigenvalue weighted by Crippen LogP contribution is 2.51. The molecule has 0 saturated heterocycles. The zero-order chi connectivity index (χ0) is 20.1. The quantitative estimate of drug-likeness (QED) is 0.307. The molecule has 0 aliphatic heterocycles. The topological polar surface area (TPSA) is 0 Å². The largest absolute Gasteiger partial charge is 0.117 e. The molecule has 0 radical (unpaired) electrons. The maximum Gasteiger partial charge on any atom is 0.0596 e. The van der Waals surface area contributed by atoms with Crippen molar-refractivity contribution in [1.29, 1.82) is 0 Å². The van der Waals surface area contributed by atoms with Gasteiger partial charge in [0.05, 0.1) is 5.16 Å². The Morgan fingerprint density at radius 3 is 1.14 bits per heavy atom. The van der Waals surface area contributed by atoms with Gasteiger partial charge in [-0.2, -0.15) is 0 Å². The smallest absolute Gasteiger partial charge is 0.0596 e. The lowest BCUT2D eigenvalue weighted by Gasteiger charge is -2.34. The minimum Gasteiger partial charge on any atom is -0.117 e. The Balaban J connectivity index is 2.05. The van der Waals surface area contributed by atoms with Gasteiger partial charge < -0.3 is 0 Å². The first kappa shape index (κ1) is 19.8. The Morgan fingerprint density at radius 2 is 0.793 bits per heavy atom. The number of hydrogen-bond donors (Lipinski definition) is 0. The molecule has 4 aromatic carbocycles. The van der Waals surface area contributed by atoms with E-state index in [4.69, 9.17) is 0 Å². The summed E-state index contributed by atoms with van der Waals surface area (Å²) < 4.78 is 0. The van der Waals surface area contributed by atoms with E-state index in [0.29, 0.717) is 0 Å². The van der Waals surface area contributed by atoms with Crippen molar-refractivity contribution < 1.29 is 0 Å². The van der Waals surface area contributed by atoms with Crippen molar-refractivity contribution in [2.75, 3.05) is 0 Å². The van der Waals surface area contributed by atoms with Crippen molar-refractivity contribution in [1.82, 2.24) is 0 Å². The van der Waals surface area contributed by atoms with Crippen molar-refractivity contribution in [3.8, 4) is 0 Å². The molecule has 2 atom stereocenters. The summed E-state index contributed by atoms with van der Waals surface area (Å²) in [5, 5.41) is 0.853. The lowest BCUT2D eigenvalue weighted by Crippen LogP contribution is -2.21. The van der Waals surface area contributed by atoms with Crippen LogP contribution < -0.4 is 0 Å². The van der Waals surface area contributed by atoms with E-state index < -0.39 is 0 Å². The monoisotopic (exact) mass is 410 g/mol. The lowest BCUT2D eigenvalue weighted by atomic mass is 9.84. The van der Waals surface area contributed by atoms with Crippen LogP contribution >= 0.6 is 18.5 Å². The predicted octanol–water partition coefficient (Wildman–Crippen LogP) is 7.14. The van der Waals surface area contributed by atoms with Crippen LogP contribution in [0.4, 0.5) is 0 Å². The predicted molar refractivity (Wildman–Crippen MR) is 132 cm³/mol. The van der Waals surface area contributed by atoms with E-state index in [1.807, 2.05) is 0 Å². The van der Waals surface area contributed by atoms with Crippen LogP contribution in [0, 0.1) is 0 Å². The van der Waals surface area contributed by atoms with Crippen LogP contribution in [0.25, 0.3) is 5.57 Å². The van der Waals surface area contributed by atoms with Crippen molar-refractivity contribution in [2.24, 2.45) is 0 Å². The zero-order valence-corrected chi connectivity index (χ0v) is 18.5. The second-order valence-electron chi connectivity index (χ2n) is 7.06. The van der Waals surface area contributed by atoms with Crippen LogP contribution in [0.2, 0.25) is 0 Å². The molecule has 0 aliphatic carbocycles. The zero-order valence-electron chi connectivity index (χ0n) is 16.2. The lowest BCUT2D eigenvalue weighted by molar-refractivity contribution is 0.926. The van der Waals surface area contributed by atoms with E-state index in [1.165, 1.54) is 33.1 Å². The van der Waals surface area contributed by atoms with Gasteiger partial charge in [-0.15, -0.1) is 18.5 Å². The average Bonchev–Trinajstić information content (AvgIpc) is 2.81. The van der Waals surface area contributed by atoms with Crippen LogP contribution in [0.3, 0.4) is 0 Å². The van der Waals surface area contributed by atoms with Gasteiger partial charge in [-0.25, -0.2) is 0 Å². The third-order valence-electron chi connectivity index (χ3n) is 5.28. The summed E-state index contributed by atoms with van der Waals surface area (Å²) in [6, 6.07) is 42.7. The maximum absolute atomic E-state index is 3.15. The third-order valence-corrected chi connectivity index (χ3v) is 7.33. The molecule has 0 saturated carbocycles. The molecule has 0 heterocycles. The molecule has 0 bridgehead atoms. The van der Waals surface area contributed by atoms with Crippen LogP contribution in [0.15, 0.2) is 127 Å². The molecule has 2 unspecified atom stereocenters. The molecule has 2 heteroatoms. The van der Waals surface area contributed by atoms with Crippen LogP contribution in [-0.2, 0) is 5.16 Å². The van der Waals surface area contributed by atoms with Crippen molar-refractivity contribution in [2.45, 2.75) is 5.16 Å². The van der Waals surface area contributed by atoms with Gasteiger partial charge in [0, 0.05) is 0 Å². The van der Waals surface area contributed by atoms with Gasteiger partial charge in [-0.1, -0.05) is 121 Å². The molecule has 0 aliphatic rings. The summed E-state index contributed by atoms with van der Waals surface area (Å²) in [6.45, 7) is 0. The minimum absolute atomic E-state index is 0.367. The fraction of sp³-hybridized carbons (Fsp3) is 0.0370. The Labute approximate surface area is 178 Å². The molecule has 142 valence electrons. The summed E-state index contributed by atoms with van der Waals surface area (Å²) in [7, 11) is 6.22. The average molecular weight is 410 g/mol. The summed E-state index contributed by atoms with van der Waals surface area (Å²) in [4.78, 5) is 0. The second kappa shape index (κ2) is 8.87. The molecule has 0 fully saturated rings. The first-order valence-corrected chi connectivity index (χ1v) is 10.9. The molecular weight excluding hydrogens is 386 g/mol. The van der Waals surface area contributed by atoms with Crippen molar-refractivity contribution in [3.63, 3.8) is 0 Å². The highest BCUT2D eigenvalue weighted by molar-refractivity contribution is 7.28. The number of benzene rings is 4. The highest BCUT2D eigenvalue weighted by Gasteiger charge is 2.33.